The Balaban J connectivity index is 1.72. The number of carbonyl (C=O) groups is 1. The number of benzene rings is 1. The zero-order valence-corrected chi connectivity index (χ0v) is 22.5. The molecule has 2 aliphatic rings. The van der Waals surface area contributed by atoms with E-state index < -0.39 is 5.60 Å². The predicted octanol–water partition coefficient (Wildman–Crippen LogP) is 4.98. The van der Waals surface area contributed by atoms with Crippen molar-refractivity contribution in [1.29, 1.82) is 0 Å². The highest BCUT2D eigenvalue weighted by Gasteiger charge is 2.42. The maximum Gasteiger partial charge on any atom is 0.317 e. The SMILES string of the molecule is CNC[C@H](CC1CCCCC1)NC(=O)N1CCC[C@@H]([C@](O)(CCCCO)c2cccc(Cl)c2C)C1. The smallest absolute Gasteiger partial charge is 0.317 e. The molecule has 7 heteroatoms. The van der Waals surface area contributed by atoms with Gasteiger partial charge < -0.3 is 25.7 Å². The van der Waals surface area contributed by atoms with Gasteiger partial charge in [-0.3, -0.25) is 0 Å². The van der Waals surface area contributed by atoms with Crippen LogP contribution in [0.3, 0.4) is 0 Å². The number of nitrogens with zero attached hydrogens (tertiary/aromatic N) is 1. The summed E-state index contributed by atoms with van der Waals surface area (Å²) in [5, 5.41) is 28.7. The van der Waals surface area contributed by atoms with Crippen LogP contribution in [0.1, 0.15) is 81.8 Å². The zero-order valence-electron chi connectivity index (χ0n) is 21.7. The number of rotatable bonds is 11. The van der Waals surface area contributed by atoms with Crippen molar-refractivity contribution in [2.75, 3.05) is 33.3 Å². The molecule has 0 spiro atoms. The lowest BCUT2D eigenvalue weighted by atomic mass is 9.73. The van der Waals surface area contributed by atoms with Gasteiger partial charge in [-0.15, -0.1) is 0 Å². The second kappa shape index (κ2) is 13.8. The normalized spacial score (nSPS) is 22.0. The van der Waals surface area contributed by atoms with Crippen LogP contribution in [-0.4, -0.2) is 60.5 Å². The topological polar surface area (TPSA) is 84.8 Å². The quantitative estimate of drug-likeness (QED) is 0.318. The summed E-state index contributed by atoms with van der Waals surface area (Å²) < 4.78 is 0. The molecule has 1 aromatic rings. The average Bonchev–Trinajstić information content (AvgIpc) is 2.86. The third-order valence-electron chi connectivity index (χ3n) is 8.20. The summed E-state index contributed by atoms with van der Waals surface area (Å²) in [5.41, 5.74) is 0.652. The minimum Gasteiger partial charge on any atom is -0.396 e. The Morgan fingerprint density at radius 1 is 1.20 bits per heavy atom. The van der Waals surface area contributed by atoms with Crippen LogP contribution in [0.5, 0.6) is 0 Å². The zero-order chi connectivity index (χ0) is 25.3. The van der Waals surface area contributed by atoms with Gasteiger partial charge in [0, 0.05) is 43.2 Å². The number of hydrogen-bond donors (Lipinski definition) is 4. The van der Waals surface area contributed by atoms with E-state index >= 15 is 0 Å². The van der Waals surface area contributed by atoms with Crippen molar-refractivity contribution < 1.29 is 15.0 Å². The fourth-order valence-electron chi connectivity index (χ4n) is 6.22. The van der Waals surface area contributed by atoms with E-state index in [9.17, 15) is 15.0 Å². The summed E-state index contributed by atoms with van der Waals surface area (Å²) >= 11 is 6.43. The van der Waals surface area contributed by atoms with Gasteiger partial charge in [-0.1, -0.05) is 55.8 Å². The van der Waals surface area contributed by atoms with Crippen molar-refractivity contribution in [2.45, 2.75) is 89.2 Å². The maximum atomic E-state index is 13.4. The number of urea groups is 1. The minimum absolute atomic E-state index is 0.0220. The summed E-state index contributed by atoms with van der Waals surface area (Å²) in [4.78, 5) is 15.3. The molecule has 0 aromatic heterocycles. The van der Waals surface area contributed by atoms with Crippen LogP contribution in [-0.2, 0) is 5.60 Å². The molecule has 1 saturated heterocycles. The highest BCUT2D eigenvalue weighted by Crippen LogP contribution is 2.42. The van der Waals surface area contributed by atoms with Crippen LogP contribution in [0.15, 0.2) is 18.2 Å². The fourth-order valence-corrected chi connectivity index (χ4v) is 6.40. The molecule has 0 unspecified atom stereocenters. The van der Waals surface area contributed by atoms with Crippen molar-refractivity contribution in [1.82, 2.24) is 15.5 Å². The van der Waals surface area contributed by atoms with Crippen molar-refractivity contribution >= 4 is 17.6 Å². The lowest BCUT2D eigenvalue weighted by Gasteiger charge is -2.44. The molecule has 1 aromatic carbocycles. The second-order valence-electron chi connectivity index (χ2n) is 10.7. The van der Waals surface area contributed by atoms with Crippen molar-refractivity contribution in [2.24, 2.45) is 11.8 Å². The molecule has 2 amide bonds. The van der Waals surface area contributed by atoms with Crippen molar-refractivity contribution in [3.63, 3.8) is 0 Å². The van der Waals surface area contributed by atoms with Crippen LogP contribution >= 0.6 is 11.6 Å². The van der Waals surface area contributed by atoms with E-state index in [0.29, 0.717) is 43.3 Å². The summed E-state index contributed by atoms with van der Waals surface area (Å²) in [6, 6.07) is 5.80. The molecule has 6 nitrogen and oxygen atoms in total. The number of aliphatic hydroxyl groups excluding tert-OH is 1. The van der Waals surface area contributed by atoms with E-state index in [1.807, 2.05) is 37.1 Å². The third-order valence-corrected chi connectivity index (χ3v) is 8.61. The van der Waals surface area contributed by atoms with E-state index in [1.54, 1.807) is 0 Å². The van der Waals surface area contributed by atoms with Crippen LogP contribution in [0.25, 0.3) is 0 Å². The number of likely N-dealkylation sites (tertiary alicyclic amines) is 1. The highest BCUT2D eigenvalue weighted by molar-refractivity contribution is 6.31. The molecule has 1 heterocycles. The number of unbranched alkanes of at least 4 members (excludes halogenated alkanes) is 1. The van der Waals surface area contributed by atoms with Gasteiger partial charge in [-0.25, -0.2) is 4.79 Å². The number of amides is 2. The van der Waals surface area contributed by atoms with Crippen LogP contribution in [0.4, 0.5) is 4.79 Å². The first kappa shape index (κ1) is 28.2. The molecule has 1 saturated carbocycles. The van der Waals surface area contributed by atoms with Crippen LogP contribution < -0.4 is 10.6 Å². The molecule has 198 valence electrons. The van der Waals surface area contributed by atoms with E-state index in [-0.39, 0.29) is 24.6 Å². The summed E-state index contributed by atoms with van der Waals surface area (Å²) in [6.45, 7) is 4.06. The van der Waals surface area contributed by atoms with E-state index in [4.69, 9.17) is 11.6 Å². The molecular formula is C28H46ClN3O3. The summed E-state index contributed by atoms with van der Waals surface area (Å²) in [7, 11) is 1.94. The Morgan fingerprint density at radius 2 is 1.97 bits per heavy atom. The average molecular weight is 508 g/mol. The predicted molar refractivity (Wildman–Crippen MR) is 143 cm³/mol. The Kier molecular flexibility index (Phi) is 11.2. The number of halogens is 1. The Hall–Kier alpha value is -1.34. The number of hydrogen-bond acceptors (Lipinski definition) is 4. The van der Waals surface area contributed by atoms with Gasteiger partial charge in [0.2, 0.25) is 0 Å². The number of aliphatic hydroxyl groups is 2. The Bertz CT molecular complexity index is 802. The lowest BCUT2D eigenvalue weighted by Crippen LogP contribution is -2.54. The largest absolute Gasteiger partial charge is 0.396 e. The van der Waals surface area contributed by atoms with Gasteiger partial charge in [-0.2, -0.15) is 0 Å². The number of likely N-dealkylation sites (N-methyl/N-ethyl adjacent to an activating group) is 1. The fraction of sp³-hybridized carbons (Fsp3) is 0.750. The van der Waals surface area contributed by atoms with Gasteiger partial charge >= 0.3 is 6.03 Å². The number of carbonyl (C=O) groups excluding carboxylic acids is 1. The minimum atomic E-state index is -1.09. The standard InChI is InChI=1S/C28H46ClN3O3/c1-21-25(13-8-14-26(21)29)28(35,15-6-7-17-33)23-12-9-16-32(20-23)27(34)31-24(19-30-2)18-22-10-4-3-5-11-22/h8,13-14,22-24,30,33,35H,3-7,9-12,15-20H2,1-2H3,(H,31,34)/t23-,24+,28-/m1/s1. The lowest BCUT2D eigenvalue weighted by molar-refractivity contribution is -0.0566. The molecule has 0 radical (unpaired) electrons. The van der Waals surface area contributed by atoms with Gasteiger partial charge in [0.1, 0.15) is 0 Å². The Labute approximate surface area is 216 Å². The first-order valence-electron chi connectivity index (χ1n) is 13.7. The van der Waals surface area contributed by atoms with Gasteiger partial charge in [0.05, 0.1) is 5.60 Å². The number of piperidine rings is 1. The van der Waals surface area contributed by atoms with Crippen molar-refractivity contribution in [3.8, 4) is 0 Å². The monoisotopic (exact) mass is 507 g/mol. The second-order valence-corrected chi connectivity index (χ2v) is 11.2. The molecule has 3 rings (SSSR count). The molecule has 35 heavy (non-hydrogen) atoms. The highest BCUT2D eigenvalue weighted by atomic mass is 35.5. The molecule has 2 fully saturated rings. The summed E-state index contributed by atoms with van der Waals surface area (Å²) in [5.74, 6) is 0.609. The molecule has 0 bridgehead atoms. The molecule has 1 aliphatic heterocycles. The van der Waals surface area contributed by atoms with E-state index in [0.717, 1.165) is 36.9 Å². The molecular weight excluding hydrogens is 462 g/mol. The first-order chi connectivity index (χ1) is 16.9. The van der Waals surface area contributed by atoms with Crippen LogP contribution in [0.2, 0.25) is 5.02 Å². The molecule has 4 N–H and O–H groups in total. The first-order valence-corrected chi connectivity index (χ1v) is 14.1. The van der Waals surface area contributed by atoms with Crippen LogP contribution in [0, 0.1) is 18.8 Å². The Morgan fingerprint density at radius 3 is 2.69 bits per heavy atom. The maximum absolute atomic E-state index is 13.4. The van der Waals surface area contributed by atoms with Gasteiger partial charge in [0.15, 0.2) is 0 Å². The van der Waals surface area contributed by atoms with E-state index in [1.165, 1.54) is 32.1 Å². The van der Waals surface area contributed by atoms with Crippen molar-refractivity contribution in [3.05, 3.63) is 34.3 Å². The third kappa shape index (κ3) is 7.58. The molecule has 1 aliphatic carbocycles. The summed E-state index contributed by atoms with van der Waals surface area (Å²) in [6.07, 6.45) is 11.1. The molecule has 3 atom stereocenters. The van der Waals surface area contributed by atoms with Gasteiger partial charge in [-0.05, 0) is 75.6 Å². The van der Waals surface area contributed by atoms with E-state index in [2.05, 4.69) is 10.6 Å². The number of nitrogens with one attached hydrogen (secondary N) is 2. The van der Waals surface area contributed by atoms with Gasteiger partial charge in [0.25, 0.3) is 0 Å².